The van der Waals surface area contributed by atoms with Crippen molar-refractivity contribution in [3.63, 3.8) is 0 Å². The number of nitrogens with zero attached hydrogens (tertiary/aromatic N) is 2. The molecule has 136 valence electrons. The van der Waals surface area contributed by atoms with Gasteiger partial charge in [-0.1, -0.05) is 18.2 Å². The van der Waals surface area contributed by atoms with E-state index in [9.17, 15) is 0 Å². The smallest absolute Gasteiger partial charge is 0.159 e. The standard InChI is InChI=1S/C21H27N5/c1-13-4-2-3-5-17(13)25-19-18(22)20(24-12-23-19)26-21-9-14-6-15(10-21)8-16(7-14)11-21/h2-5,12,14-16H,6-11,22H2,1H3,(H2,23,24,25,26). The fraction of sp³-hybridized carbons (Fsp3) is 0.524. The molecule has 1 aromatic carbocycles. The highest BCUT2D eigenvalue weighted by molar-refractivity contribution is 5.78. The highest BCUT2D eigenvalue weighted by atomic mass is 15.1. The van der Waals surface area contributed by atoms with Crippen LogP contribution >= 0.6 is 0 Å². The second kappa shape index (κ2) is 5.86. The summed E-state index contributed by atoms with van der Waals surface area (Å²) < 4.78 is 0. The van der Waals surface area contributed by atoms with Crippen LogP contribution in [0.1, 0.15) is 44.1 Å². The topological polar surface area (TPSA) is 75.9 Å². The van der Waals surface area contributed by atoms with E-state index < -0.39 is 0 Å². The molecule has 1 aromatic heterocycles. The number of nitrogens with two attached hydrogens (primary N) is 1. The molecule has 4 fully saturated rings. The molecule has 2 aromatic rings. The Bertz CT molecular complexity index is 796. The van der Waals surface area contributed by atoms with Crippen LogP contribution in [0.2, 0.25) is 0 Å². The van der Waals surface area contributed by atoms with Gasteiger partial charge < -0.3 is 16.4 Å². The van der Waals surface area contributed by atoms with Crippen LogP contribution in [0.4, 0.5) is 23.0 Å². The van der Waals surface area contributed by atoms with Crippen molar-refractivity contribution in [2.45, 2.75) is 51.0 Å². The summed E-state index contributed by atoms with van der Waals surface area (Å²) in [6.07, 6.45) is 9.70. The number of hydrogen-bond donors (Lipinski definition) is 3. The van der Waals surface area contributed by atoms with E-state index in [-0.39, 0.29) is 5.54 Å². The molecular weight excluding hydrogens is 322 g/mol. The Morgan fingerprint density at radius 1 is 0.962 bits per heavy atom. The van der Waals surface area contributed by atoms with Gasteiger partial charge in [0.1, 0.15) is 12.0 Å². The van der Waals surface area contributed by atoms with Crippen molar-refractivity contribution in [3.8, 4) is 0 Å². The average molecular weight is 349 g/mol. The average Bonchev–Trinajstić information content (AvgIpc) is 2.59. The van der Waals surface area contributed by atoms with Crippen molar-refractivity contribution in [2.24, 2.45) is 17.8 Å². The van der Waals surface area contributed by atoms with Gasteiger partial charge in [0.25, 0.3) is 0 Å². The molecule has 0 saturated heterocycles. The molecule has 0 spiro atoms. The maximum absolute atomic E-state index is 6.46. The number of rotatable bonds is 4. The summed E-state index contributed by atoms with van der Waals surface area (Å²) in [4.78, 5) is 8.87. The number of para-hydroxylation sites is 1. The summed E-state index contributed by atoms with van der Waals surface area (Å²) in [5.41, 5.74) is 9.46. The molecule has 4 aliphatic rings. The molecule has 5 heteroatoms. The van der Waals surface area contributed by atoms with Crippen molar-refractivity contribution in [3.05, 3.63) is 36.2 Å². The van der Waals surface area contributed by atoms with Crippen molar-refractivity contribution in [1.29, 1.82) is 0 Å². The van der Waals surface area contributed by atoms with E-state index >= 15 is 0 Å². The molecule has 0 amide bonds. The number of hydrogen-bond acceptors (Lipinski definition) is 5. The SMILES string of the molecule is Cc1ccccc1Nc1ncnc(NC23CC4CC(CC(C4)C2)C3)c1N. The van der Waals surface area contributed by atoms with Gasteiger partial charge >= 0.3 is 0 Å². The number of aryl methyl sites for hydroxylation is 1. The number of anilines is 4. The second-order valence-electron chi connectivity index (χ2n) is 8.75. The van der Waals surface area contributed by atoms with Crippen LogP contribution in [0.3, 0.4) is 0 Å². The summed E-state index contributed by atoms with van der Waals surface area (Å²) >= 11 is 0. The van der Waals surface area contributed by atoms with E-state index in [2.05, 4.69) is 33.6 Å². The van der Waals surface area contributed by atoms with E-state index in [4.69, 9.17) is 5.73 Å². The molecule has 0 unspecified atom stereocenters. The molecule has 4 aliphatic carbocycles. The van der Waals surface area contributed by atoms with E-state index in [0.717, 1.165) is 29.3 Å². The highest BCUT2D eigenvalue weighted by Crippen LogP contribution is 2.56. The minimum Gasteiger partial charge on any atom is -0.393 e. The van der Waals surface area contributed by atoms with Crippen LogP contribution in [0.5, 0.6) is 0 Å². The third-order valence-electron chi connectivity index (χ3n) is 6.70. The summed E-state index contributed by atoms with van der Waals surface area (Å²) in [7, 11) is 0. The largest absolute Gasteiger partial charge is 0.393 e. The Balaban J connectivity index is 1.41. The van der Waals surface area contributed by atoms with Crippen LogP contribution in [0, 0.1) is 24.7 Å². The van der Waals surface area contributed by atoms with Gasteiger partial charge in [-0.2, -0.15) is 0 Å². The van der Waals surface area contributed by atoms with Gasteiger partial charge in [-0.15, -0.1) is 0 Å². The lowest BCUT2D eigenvalue weighted by Crippen LogP contribution is -2.55. The first-order valence-electron chi connectivity index (χ1n) is 9.81. The third-order valence-corrected chi connectivity index (χ3v) is 6.70. The molecule has 4 saturated carbocycles. The van der Waals surface area contributed by atoms with Gasteiger partial charge in [0, 0.05) is 11.2 Å². The zero-order chi connectivity index (χ0) is 17.7. The summed E-state index contributed by atoms with van der Waals surface area (Å²) in [5, 5.41) is 7.15. The Labute approximate surface area is 154 Å². The Morgan fingerprint density at radius 3 is 2.23 bits per heavy atom. The fourth-order valence-electron chi connectivity index (χ4n) is 5.95. The van der Waals surface area contributed by atoms with Crippen LogP contribution < -0.4 is 16.4 Å². The Morgan fingerprint density at radius 2 is 1.58 bits per heavy atom. The minimum absolute atomic E-state index is 0.192. The first-order valence-corrected chi connectivity index (χ1v) is 9.81. The molecule has 26 heavy (non-hydrogen) atoms. The van der Waals surface area contributed by atoms with Crippen LogP contribution in [0.25, 0.3) is 0 Å². The van der Waals surface area contributed by atoms with Gasteiger partial charge in [-0.05, 0) is 74.8 Å². The Kier molecular flexibility index (Phi) is 3.59. The van der Waals surface area contributed by atoms with Crippen LogP contribution in [0.15, 0.2) is 30.6 Å². The van der Waals surface area contributed by atoms with Crippen molar-refractivity contribution >= 4 is 23.0 Å². The van der Waals surface area contributed by atoms with Crippen molar-refractivity contribution in [2.75, 3.05) is 16.4 Å². The van der Waals surface area contributed by atoms with E-state index in [1.54, 1.807) is 6.33 Å². The van der Waals surface area contributed by atoms with Gasteiger partial charge in [-0.25, -0.2) is 9.97 Å². The lowest BCUT2D eigenvalue weighted by Gasteiger charge is -2.57. The van der Waals surface area contributed by atoms with Crippen molar-refractivity contribution < 1.29 is 0 Å². The zero-order valence-electron chi connectivity index (χ0n) is 15.3. The fourth-order valence-corrected chi connectivity index (χ4v) is 5.95. The first-order chi connectivity index (χ1) is 12.6. The summed E-state index contributed by atoms with van der Waals surface area (Å²) in [6, 6.07) is 8.17. The highest BCUT2D eigenvalue weighted by Gasteiger charge is 2.51. The van der Waals surface area contributed by atoms with Gasteiger partial charge in [0.15, 0.2) is 11.6 Å². The summed E-state index contributed by atoms with van der Waals surface area (Å²) in [6.45, 7) is 2.08. The number of nitrogen functional groups attached to an aromatic ring is 1. The van der Waals surface area contributed by atoms with E-state index in [0.29, 0.717) is 11.5 Å². The van der Waals surface area contributed by atoms with Gasteiger partial charge in [-0.3, -0.25) is 0 Å². The predicted octanol–water partition coefficient (Wildman–Crippen LogP) is 4.49. The number of nitrogens with one attached hydrogen (secondary N) is 2. The zero-order valence-corrected chi connectivity index (χ0v) is 15.3. The lowest BCUT2D eigenvalue weighted by molar-refractivity contribution is 0.0106. The lowest BCUT2D eigenvalue weighted by atomic mass is 9.53. The minimum atomic E-state index is 0.192. The molecule has 5 nitrogen and oxygen atoms in total. The first kappa shape index (κ1) is 15.9. The quantitative estimate of drug-likeness (QED) is 0.758. The molecule has 0 atom stereocenters. The van der Waals surface area contributed by atoms with Gasteiger partial charge in [0.2, 0.25) is 0 Å². The monoisotopic (exact) mass is 349 g/mol. The van der Waals surface area contributed by atoms with Gasteiger partial charge in [0.05, 0.1) is 0 Å². The predicted molar refractivity (Wildman–Crippen MR) is 105 cm³/mol. The van der Waals surface area contributed by atoms with Crippen molar-refractivity contribution in [1.82, 2.24) is 9.97 Å². The third kappa shape index (κ3) is 2.70. The Hall–Kier alpha value is -2.30. The maximum Gasteiger partial charge on any atom is 0.159 e. The van der Waals surface area contributed by atoms with Crippen LogP contribution in [-0.2, 0) is 0 Å². The normalized spacial score (nSPS) is 31.8. The molecule has 0 aliphatic heterocycles. The molecule has 6 rings (SSSR count). The van der Waals surface area contributed by atoms with E-state index in [1.165, 1.54) is 44.1 Å². The number of aromatic nitrogens is 2. The molecule has 0 radical (unpaired) electrons. The molecule has 4 bridgehead atoms. The maximum atomic E-state index is 6.46. The number of benzene rings is 1. The van der Waals surface area contributed by atoms with E-state index in [1.807, 2.05) is 18.2 Å². The second-order valence-corrected chi connectivity index (χ2v) is 8.75. The summed E-state index contributed by atoms with van der Waals surface area (Å²) in [5.74, 6) is 4.14. The molecule has 4 N–H and O–H groups in total. The van der Waals surface area contributed by atoms with Crippen LogP contribution in [-0.4, -0.2) is 15.5 Å². The molecule has 1 heterocycles. The molecular formula is C21H27N5.